The second kappa shape index (κ2) is 9.09. The van der Waals surface area contributed by atoms with Gasteiger partial charge in [0.15, 0.2) is 11.1 Å². The van der Waals surface area contributed by atoms with E-state index in [4.69, 9.17) is 8.92 Å². The molecule has 0 aromatic heterocycles. The predicted molar refractivity (Wildman–Crippen MR) is 123 cm³/mol. The average Bonchev–Trinajstić information content (AvgIpc) is 2.58. The molecular weight excluding hydrogens is 380 g/mol. The van der Waals surface area contributed by atoms with Crippen molar-refractivity contribution in [1.29, 1.82) is 0 Å². The van der Waals surface area contributed by atoms with Gasteiger partial charge in [-0.25, -0.2) is 4.21 Å². The van der Waals surface area contributed by atoms with Crippen LogP contribution in [0.4, 0.5) is 0 Å². The Hall–Kier alpha value is -0.870. The van der Waals surface area contributed by atoms with Crippen molar-refractivity contribution in [3.63, 3.8) is 0 Å². The van der Waals surface area contributed by atoms with Crippen molar-refractivity contribution < 1.29 is 13.1 Å². The topological polar surface area (TPSA) is 35.5 Å². The highest BCUT2D eigenvalue weighted by molar-refractivity contribution is 7.80. The molecule has 0 radical (unpaired) electrons. The smallest absolute Gasteiger partial charge is 0.189 e. The minimum absolute atomic E-state index is 0.0536. The molecule has 1 fully saturated rings. The van der Waals surface area contributed by atoms with Gasteiger partial charge in [-0.05, 0) is 53.6 Å². The van der Waals surface area contributed by atoms with E-state index in [-0.39, 0.29) is 16.9 Å². The highest BCUT2D eigenvalue weighted by atomic mass is 32.2. The molecule has 0 saturated heterocycles. The molecule has 29 heavy (non-hydrogen) atoms. The summed E-state index contributed by atoms with van der Waals surface area (Å²) in [6, 6.07) is 4.06. The highest BCUT2D eigenvalue weighted by Crippen LogP contribution is 2.42. The van der Waals surface area contributed by atoms with Crippen LogP contribution in [-0.2, 0) is 26.1 Å². The lowest BCUT2D eigenvalue weighted by Gasteiger charge is -2.36. The van der Waals surface area contributed by atoms with Crippen molar-refractivity contribution in [2.45, 2.75) is 103 Å². The van der Waals surface area contributed by atoms with Crippen molar-refractivity contribution >= 4 is 11.1 Å². The van der Waals surface area contributed by atoms with Crippen LogP contribution >= 0.6 is 0 Å². The average molecular weight is 423 g/mol. The fraction of sp³-hybridized carbons (Fsp3) is 0.760. The van der Waals surface area contributed by atoms with Crippen LogP contribution in [0, 0.1) is 17.8 Å². The van der Waals surface area contributed by atoms with Gasteiger partial charge in [0.2, 0.25) is 0 Å². The maximum atomic E-state index is 13.4. The molecule has 1 aliphatic carbocycles. The normalized spacial score (nSPS) is 24.6. The first-order valence-electron chi connectivity index (χ1n) is 11.1. The van der Waals surface area contributed by atoms with E-state index in [2.05, 4.69) is 62.3 Å². The van der Waals surface area contributed by atoms with E-state index in [1.807, 2.05) is 12.1 Å². The molecule has 0 aliphatic heterocycles. The minimum atomic E-state index is -1.49. The van der Waals surface area contributed by atoms with Crippen LogP contribution < -0.4 is 4.74 Å². The molecule has 1 aliphatic rings. The number of methoxy groups -OCH3 is 1. The lowest BCUT2D eigenvalue weighted by Crippen LogP contribution is -2.34. The summed E-state index contributed by atoms with van der Waals surface area (Å²) in [5.41, 5.74) is 1.92. The summed E-state index contributed by atoms with van der Waals surface area (Å²) in [7, 11) is 1.73. The minimum Gasteiger partial charge on any atom is -0.496 e. The van der Waals surface area contributed by atoms with E-state index in [0.29, 0.717) is 17.8 Å². The number of ether oxygens (including phenoxy) is 1. The molecule has 4 atom stereocenters. The van der Waals surface area contributed by atoms with Crippen molar-refractivity contribution in [3.8, 4) is 5.75 Å². The molecule has 2 rings (SSSR count). The van der Waals surface area contributed by atoms with Gasteiger partial charge < -0.3 is 4.74 Å². The first-order chi connectivity index (χ1) is 13.3. The fourth-order valence-corrected chi connectivity index (χ4v) is 5.41. The van der Waals surface area contributed by atoms with Crippen molar-refractivity contribution in [3.05, 3.63) is 23.3 Å². The Bertz CT molecular complexity index is 690. The van der Waals surface area contributed by atoms with Crippen molar-refractivity contribution in [2.75, 3.05) is 7.11 Å². The molecule has 3 nitrogen and oxygen atoms in total. The summed E-state index contributed by atoms with van der Waals surface area (Å²) in [6.45, 7) is 19.8. The number of hydrogen-bond donors (Lipinski definition) is 0. The van der Waals surface area contributed by atoms with Crippen LogP contribution in [0.15, 0.2) is 17.0 Å². The summed E-state index contributed by atoms with van der Waals surface area (Å²) in [5, 5.41) is 0. The Morgan fingerprint density at radius 2 is 1.52 bits per heavy atom. The van der Waals surface area contributed by atoms with Gasteiger partial charge in [-0.15, -0.1) is 0 Å². The molecule has 0 spiro atoms. The summed E-state index contributed by atoms with van der Waals surface area (Å²) >= 11 is -1.49. The number of benzene rings is 1. The standard InChI is InChI=1S/C25H42O3S/c1-16(2)19-12-11-17(3)13-22(19)28-29(26)18-14-20(24(4,5)6)23(27-10)21(15-18)25(7,8)9/h14-17,19,22H,11-13H2,1-10H3/t17-,19+,22-,29?/m1/s1. The Kier molecular flexibility index (Phi) is 7.65. The molecule has 1 unspecified atom stereocenters. The van der Waals surface area contributed by atoms with Crippen molar-refractivity contribution in [2.24, 2.45) is 17.8 Å². The SMILES string of the molecule is COc1c(C(C)(C)C)cc(S(=O)O[C@@H]2C[C@H](C)CC[C@H]2C(C)C)cc1C(C)(C)C. The van der Waals surface area contributed by atoms with Crippen LogP contribution in [0.2, 0.25) is 0 Å². The van der Waals surface area contributed by atoms with Gasteiger partial charge in [0, 0.05) is 11.1 Å². The third-order valence-electron chi connectivity index (χ3n) is 6.25. The third-order valence-corrected chi connectivity index (χ3v) is 7.29. The molecule has 0 bridgehead atoms. The van der Waals surface area contributed by atoms with E-state index in [9.17, 15) is 4.21 Å². The Morgan fingerprint density at radius 1 is 1.00 bits per heavy atom. The van der Waals surface area contributed by atoms with Crippen LogP contribution in [-0.4, -0.2) is 17.4 Å². The summed E-state index contributed by atoms with van der Waals surface area (Å²) < 4.78 is 25.5. The molecular formula is C25H42O3S. The van der Waals surface area contributed by atoms with Gasteiger partial charge in [0.05, 0.1) is 18.1 Å². The molecule has 1 saturated carbocycles. The van der Waals surface area contributed by atoms with E-state index >= 15 is 0 Å². The van der Waals surface area contributed by atoms with E-state index in [1.165, 1.54) is 6.42 Å². The zero-order valence-corrected chi connectivity index (χ0v) is 21.0. The zero-order chi connectivity index (χ0) is 22.1. The van der Waals surface area contributed by atoms with Crippen LogP contribution in [0.25, 0.3) is 0 Å². The maximum absolute atomic E-state index is 13.4. The Balaban J connectivity index is 2.46. The van der Waals surface area contributed by atoms with Crippen molar-refractivity contribution in [1.82, 2.24) is 0 Å². The maximum Gasteiger partial charge on any atom is 0.189 e. The van der Waals surface area contributed by atoms with Gasteiger partial charge >= 0.3 is 0 Å². The van der Waals surface area contributed by atoms with E-state index < -0.39 is 11.1 Å². The van der Waals surface area contributed by atoms with Gasteiger partial charge in [-0.1, -0.05) is 68.7 Å². The van der Waals surface area contributed by atoms with Gasteiger partial charge in [-0.3, -0.25) is 4.18 Å². The highest BCUT2D eigenvalue weighted by Gasteiger charge is 2.34. The number of hydrogen-bond acceptors (Lipinski definition) is 3. The summed E-state index contributed by atoms with van der Waals surface area (Å²) in [6.07, 6.45) is 3.44. The van der Waals surface area contributed by atoms with Gasteiger partial charge in [0.1, 0.15) is 5.75 Å². The zero-order valence-electron chi connectivity index (χ0n) is 20.2. The van der Waals surface area contributed by atoms with E-state index in [0.717, 1.165) is 34.6 Å². The van der Waals surface area contributed by atoms with E-state index in [1.54, 1.807) is 7.11 Å². The Labute approximate surface area is 181 Å². The van der Waals surface area contributed by atoms with Gasteiger partial charge in [-0.2, -0.15) is 0 Å². The second-order valence-electron chi connectivity index (χ2n) is 11.2. The fourth-order valence-electron chi connectivity index (χ4n) is 4.43. The summed E-state index contributed by atoms with van der Waals surface area (Å²) in [5.74, 6) is 2.53. The lowest BCUT2D eigenvalue weighted by molar-refractivity contribution is 0.0566. The largest absolute Gasteiger partial charge is 0.496 e. The first-order valence-corrected chi connectivity index (χ1v) is 12.1. The molecule has 1 aromatic rings. The molecule has 4 heteroatoms. The van der Waals surface area contributed by atoms with Crippen LogP contribution in [0.1, 0.15) is 92.7 Å². The molecule has 0 heterocycles. The molecule has 166 valence electrons. The Morgan fingerprint density at radius 3 is 1.93 bits per heavy atom. The van der Waals surface area contributed by atoms with Gasteiger partial charge in [0.25, 0.3) is 0 Å². The molecule has 1 aromatic carbocycles. The quantitative estimate of drug-likeness (QED) is 0.524. The van der Waals surface area contributed by atoms with Crippen LogP contribution in [0.5, 0.6) is 5.75 Å². The predicted octanol–water partition coefficient (Wildman–Crippen LogP) is 6.79. The number of rotatable bonds is 5. The van der Waals surface area contributed by atoms with Crippen LogP contribution in [0.3, 0.4) is 0 Å². The second-order valence-corrected chi connectivity index (χ2v) is 12.4. The third kappa shape index (κ3) is 5.85. The molecule has 0 N–H and O–H groups in total. The monoisotopic (exact) mass is 422 g/mol. The first kappa shape index (κ1) is 24.4. The molecule has 0 amide bonds. The summed E-state index contributed by atoms with van der Waals surface area (Å²) in [4.78, 5) is 0.751. The lowest BCUT2D eigenvalue weighted by atomic mass is 9.75.